The number of amides is 1. The quantitative estimate of drug-likeness (QED) is 0.663. The van der Waals surface area contributed by atoms with Crippen molar-refractivity contribution in [2.24, 2.45) is 0 Å². The number of esters is 1. The molecule has 1 amide bonds. The van der Waals surface area contributed by atoms with Crippen LogP contribution in [0.1, 0.15) is 13.3 Å². The third kappa shape index (κ3) is 5.31. The maximum Gasteiger partial charge on any atom is 0.344 e. The van der Waals surface area contributed by atoms with Crippen LogP contribution in [0, 0.1) is 5.82 Å². The SMILES string of the molecule is C[C@H](OC(=O)COc1ccc(F)cc1Cl)C(=O)N(C)[C@H]1CCS(=O)(=O)C1. The van der Waals surface area contributed by atoms with E-state index in [1.807, 2.05) is 0 Å². The largest absolute Gasteiger partial charge is 0.480 e. The summed E-state index contributed by atoms with van der Waals surface area (Å²) < 4.78 is 46.1. The van der Waals surface area contributed by atoms with E-state index < -0.39 is 46.3 Å². The van der Waals surface area contributed by atoms with E-state index in [9.17, 15) is 22.4 Å². The monoisotopic (exact) mass is 407 g/mol. The molecule has 1 aromatic carbocycles. The molecule has 144 valence electrons. The van der Waals surface area contributed by atoms with Gasteiger partial charge in [-0.1, -0.05) is 11.6 Å². The first-order chi connectivity index (χ1) is 12.1. The van der Waals surface area contributed by atoms with E-state index in [2.05, 4.69) is 0 Å². The number of hydrogen-bond donors (Lipinski definition) is 0. The lowest BCUT2D eigenvalue weighted by molar-refractivity contribution is -0.160. The minimum absolute atomic E-state index is 0.00380. The number of nitrogens with zero attached hydrogens (tertiary/aromatic N) is 1. The van der Waals surface area contributed by atoms with Crippen molar-refractivity contribution in [1.82, 2.24) is 4.90 Å². The van der Waals surface area contributed by atoms with E-state index in [1.165, 1.54) is 24.9 Å². The highest BCUT2D eigenvalue weighted by Gasteiger charge is 2.34. The van der Waals surface area contributed by atoms with Gasteiger partial charge in [0.15, 0.2) is 22.5 Å². The number of ether oxygens (including phenoxy) is 2. The van der Waals surface area contributed by atoms with E-state index in [-0.39, 0.29) is 22.3 Å². The highest BCUT2D eigenvalue weighted by Crippen LogP contribution is 2.24. The molecule has 1 aromatic rings. The van der Waals surface area contributed by atoms with Gasteiger partial charge in [-0.15, -0.1) is 0 Å². The molecule has 7 nitrogen and oxygen atoms in total. The predicted molar refractivity (Wildman–Crippen MR) is 92.3 cm³/mol. The average molecular weight is 408 g/mol. The molecule has 1 aliphatic rings. The Labute approximate surface area is 155 Å². The molecule has 0 aliphatic carbocycles. The van der Waals surface area contributed by atoms with Crippen LogP contribution in [0.3, 0.4) is 0 Å². The fraction of sp³-hybridized carbons (Fsp3) is 0.500. The first-order valence-corrected chi connectivity index (χ1v) is 10.0. The van der Waals surface area contributed by atoms with Crippen LogP contribution >= 0.6 is 11.6 Å². The zero-order chi connectivity index (χ0) is 19.5. The lowest BCUT2D eigenvalue weighted by atomic mass is 10.2. The van der Waals surface area contributed by atoms with Crippen molar-refractivity contribution in [3.05, 3.63) is 29.0 Å². The van der Waals surface area contributed by atoms with Gasteiger partial charge in [0.25, 0.3) is 5.91 Å². The lowest BCUT2D eigenvalue weighted by Gasteiger charge is -2.26. The molecule has 0 saturated carbocycles. The first-order valence-electron chi connectivity index (χ1n) is 7.83. The number of rotatable bonds is 6. The second-order valence-corrected chi connectivity index (χ2v) is 8.64. The molecule has 1 heterocycles. The van der Waals surface area contributed by atoms with Crippen LogP contribution in [0.15, 0.2) is 18.2 Å². The minimum Gasteiger partial charge on any atom is -0.480 e. The van der Waals surface area contributed by atoms with Crippen LogP contribution in [0.4, 0.5) is 4.39 Å². The molecule has 26 heavy (non-hydrogen) atoms. The smallest absolute Gasteiger partial charge is 0.344 e. The molecule has 0 N–H and O–H groups in total. The topological polar surface area (TPSA) is 90.0 Å². The third-order valence-electron chi connectivity index (χ3n) is 4.00. The van der Waals surface area contributed by atoms with Gasteiger partial charge in [0.05, 0.1) is 16.5 Å². The molecule has 0 bridgehead atoms. The Bertz CT molecular complexity index is 800. The molecule has 10 heteroatoms. The van der Waals surface area contributed by atoms with Gasteiger partial charge in [0.2, 0.25) is 0 Å². The molecule has 1 fully saturated rings. The Balaban J connectivity index is 1.85. The summed E-state index contributed by atoms with van der Waals surface area (Å²) in [6.07, 6.45) is -0.736. The molecular formula is C16H19ClFNO6S. The Morgan fingerprint density at radius 1 is 1.42 bits per heavy atom. The highest BCUT2D eigenvalue weighted by molar-refractivity contribution is 7.91. The summed E-state index contributed by atoms with van der Waals surface area (Å²) in [5.41, 5.74) is 0. The normalized spacial score (nSPS) is 19.6. The van der Waals surface area contributed by atoms with Crippen LogP contribution in [0.2, 0.25) is 5.02 Å². The number of carbonyl (C=O) groups excluding carboxylic acids is 2. The van der Waals surface area contributed by atoms with Crippen LogP contribution in [0.5, 0.6) is 5.75 Å². The standard InChI is InChI=1S/C16H19ClFNO6S/c1-10(16(21)19(2)12-5-6-26(22,23)9-12)25-15(20)8-24-14-4-3-11(18)7-13(14)17/h3-4,7,10,12H,5-6,8-9H2,1-2H3/t10-,12-/m0/s1. The maximum absolute atomic E-state index is 12.9. The van der Waals surface area contributed by atoms with Gasteiger partial charge in [-0.2, -0.15) is 0 Å². The Hall–Kier alpha value is -1.87. The van der Waals surface area contributed by atoms with Gasteiger partial charge in [-0.05, 0) is 31.5 Å². The highest BCUT2D eigenvalue weighted by atomic mass is 35.5. The molecule has 0 radical (unpaired) electrons. The lowest BCUT2D eigenvalue weighted by Crippen LogP contribution is -2.44. The molecule has 2 atom stereocenters. The van der Waals surface area contributed by atoms with Gasteiger partial charge in [0.1, 0.15) is 11.6 Å². The summed E-state index contributed by atoms with van der Waals surface area (Å²) in [7, 11) is -1.65. The first kappa shape index (κ1) is 20.4. The Kier molecular flexibility index (Phi) is 6.46. The fourth-order valence-electron chi connectivity index (χ4n) is 2.56. The van der Waals surface area contributed by atoms with Crippen molar-refractivity contribution in [3.63, 3.8) is 0 Å². The second-order valence-electron chi connectivity index (χ2n) is 6.00. The molecule has 1 aliphatic heterocycles. The average Bonchev–Trinajstić information content (AvgIpc) is 2.92. The number of benzene rings is 1. The van der Waals surface area contributed by atoms with Crippen molar-refractivity contribution >= 4 is 33.3 Å². The molecule has 1 saturated heterocycles. The zero-order valence-corrected chi connectivity index (χ0v) is 15.8. The van der Waals surface area contributed by atoms with Crippen LogP contribution in [0.25, 0.3) is 0 Å². The van der Waals surface area contributed by atoms with E-state index in [1.54, 1.807) is 0 Å². The van der Waals surface area contributed by atoms with Crippen LogP contribution in [-0.4, -0.2) is 62.5 Å². The van der Waals surface area contributed by atoms with Crippen molar-refractivity contribution in [2.75, 3.05) is 25.2 Å². The summed E-state index contributed by atoms with van der Waals surface area (Å²) >= 11 is 5.78. The third-order valence-corrected chi connectivity index (χ3v) is 6.04. The van der Waals surface area contributed by atoms with Crippen molar-refractivity contribution in [3.8, 4) is 5.75 Å². The molecule has 2 rings (SSSR count). The Morgan fingerprint density at radius 2 is 2.12 bits per heavy atom. The van der Waals surface area contributed by atoms with E-state index in [0.717, 1.165) is 12.1 Å². The van der Waals surface area contributed by atoms with Gasteiger partial charge >= 0.3 is 5.97 Å². The predicted octanol–water partition coefficient (Wildman–Crippen LogP) is 1.44. The maximum atomic E-state index is 12.9. The molecule has 0 aromatic heterocycles. The van der Waals surface area contributed by atoms with Gasteiger partial charge < -0.3 is 14.4 Å². The van der Waals surface area contributed by atoms with E-state index in [0.29, 0.717) is 6.42 Å². The summed E-state index contributed by atoms with van der Waals surface area (Å²) in [6, 6.07) is 3.01. The van der Waals surface area contributed by atoms with Crippen LogP contribution < -0.4 is 4.74 Å². The van der Waals surface area contributed by atoms with Crippen LogP contribution in [-0.2, 0) is 24.2 Å². The van der Waals surface area contributed by atoms with E-state index in [4.69, 9.17) is 21.1 Å². The number of carbonyl (C=O) groups is 2. The number of likely N-dealkylation sites (N-methyl/N-ethyl adjacent to an activating group) is 1. The summed E-state index contributed by atoms with van der Waals surface area (Å²) in [4.78, 5) is 25.4. The van der Waals surface area contributed by atoms with Crippen molar-refractivity contribution in [1.29, 1.82) is 0 Å². The summed E-state index contributed by atoms with van der Waals surface area (Å²) in [5.74, 6) is -1.80. The zero-order valence-electron chi connectivity index (χ0n) is 14.3. The Morgan fingerprint density at radius 3 is 2.69 bits per heavy atom. The van der Waals surface area contributed by atoms with Gasteiger partial charge in [0, 0.05) is 13.1 Å². The van der Waals surface area contributed by atoms with Gasteiger partial charge in [-0.25, -0.2) is 17.6 Å². The number of hydrogen-bond acceptors (Lipinski definition) is 6. The van der Waals surface area contributed by atoms with Gasteiger partial charge in [-0.3, -0.25) is 4.79 Å². The minimum atomic E-state index is -3.13. The number of sulfone groups is 1. The second kappa shape index (κ2) is 8.22. The van der Waals surface area contributed by atoms with E-state index >= 15 is 0 Å². The summed E-state index contributed by atoms with van der Waals surface area (Å²) in [6.45, 7) is 0.884. The fourth-order valence-corrected chi connectivity index (χ4v) is 4.55. The molecular weight excluding hydrogens is 389 g/mol. The van der Waals surface area contributed by atoms with Crippen molar-refractivity contribution < 1.29 is 31.9 Å². The number of halogens is 2. The van der Waals surface area contributed by atoms with Crippen molar-refractivity contribution in [2.45, 2.75) is 25.5 Å². The molecule has 0 spiro atoms. The molecule has 0 unspecified atom stereocenters. The summed E-state index contributed by atoms with van der Waals surface area (Å²) in [5, 5.41) is 0.00380.